The topological polar surface area (TPSA) is 77.1 Å². The fourth-order valence-electron chi connectivity index (χ4n) is 3.39. The van der Waals surface area contributed by atoms with E-state index in [9.17, 15) is 12.8 Å². The van der Waals surface area contributed by atoms with E-state index in [1.807, 2.05) is 23.1 Å². The average molecular weight is 460 g/mol. The van der Waals surface area contributed by atoms with E-state index < -0.39 is 10.0 Å². The van der Waals surface area contributed by atoms with Crippen molar-refractivity contribution in [3.63, 3.8) is 0 Å². The highest BCUT2D eigenvalue weighted by Gasteiger charge is 2.25. The van der Waals surface area contributed by atoms with E-state index in [1.54, 1.807) is 44.4 Å². The zero-order valence-electron chi connectivity index (χ0n) is 17.3. The summed E-state index contributed by atoms with van der Waals surface area (Å²) in [5, 5.41) is 2.57. The minimum Gasteiger partial charge on any atom is -0.469 e. The summed E-state index contributed by atoms with van der Waals surface area (Å²) in [4.78, 5) is 4.85. The zero-order valence-corrected chi connectivity index (χ0v) is 18.9. The Bertz CT molecular complexity index is 1290. The number of aromatic nitrogens is 2. The summed E-state index contributed by atoms with van der Waals surface area (Å²) in [5.74, 6) is 0.415. The minimum atomic E-state index is -3.73. The van der Waals surface area contributed by atoms with Crippen molar-refractivity contribution in [2.75, 3.05) is 0 Å². The highest BCUT2D eigenvalue weighted by molar-refractivity contribution is 7.89. The molecule has 1 aromatic carbocycles. The first-order valence-electron chi connectivity index (χ1n) is 9.67. The molecule has 6 nitrogen and oxygen atoms in total. The maximum atomic E-state index is 13.2. The van der Waals surface area contributed by atoms with E-state index >= 15 is 0 Å². The number of rotatable bonds is 7. The number of benzene rings is 1. The molecule has 0 saturated heterocycles. The van der Waals surface area contributed by atoms with Crippen molar-refractivity contribution < 1.29 is 17.2 Å². The molecule has 1 N–H and O–H groups in total. The smallest absolute Gasteiger partial charge is 0.242 e. The lowest BCUT2D eigenvalue weighted by atomic mass is 10.2. The first-order valence-corrected chi connectivity index (χ1v) is 12.0. The summed E-state index contributed by atoms with van der Waals surface area (Å²) < 4.78 is 49.1. The molecule has 4 aromatic rings. The maximum Gasteiger partial charge on any atom is 0.242 e. The normalized spacial score (nSPS) is 12.9. The van der Waals surface area contributed by atoms with Gasteiger partial charge < -0.3 is 8.98 Å². The van der Waals surface area contributed by atoms with Crippen LogP contribution in [-0.4, -0.2) is 24.0 Å². The second-order valence-corrected chi connectivity index (χ2v) is 9.93. The molecular weight excluding hydrogens is 437 g/mol. The van der Waals surface area contributed by atoms with E-state index in [1.165, 1.54) is 23.5 Å². The van der Waals surface area contributed by atoms with Gasteiger partial charge in [0.05, 0.1) is 17.7 Å². The fourth-order valence-corrected chi connectivity index (χ4v) is 5.81. The average Bonchev–Trinajstić information content (AvgIpc) is 3.44. The van der Waals surface area contributed by atoms with E-state index in [0.717, 1.165) is 11.3 Å². The van der Waals surface area contributed by atoms with E-state index in [-0.39, 0.29) is 16.8 Å². The predicted octanol–water partition coefficient (Wildman–Crippen LogP) is 4.77. The van der Waals surface area contributed by atoms with Crippen LogP contribution in [0.4, 0.5) is 4.39 Å². The molecule has 0 bridgehead atoms. The third-order valence-corrected chi connectivity index (χ3v) is 7.66. The molecule has 0 unspecified atom stereocenters. The van der Waals surface area contributed by atoms with Crippen molar-refractivity contribution in [1.82, 2.24) is 14.3 Å². The number of hydrogen-bond donors (Lipinski definition) is 1. The first kappa shape index (κ1) is 21.5. The summed E-state index contributed by atoms with van der Waals surface area (Å²) in [6, 6.07) is 11.0. The lowest BCUT2D eigenvalue weighted by molar-refractivity contribution is 0.479. The quantitative estimate of drug-likeness (QED) is 0.432. The Morgan fingerprint density at radius 1 is 1.26 bits per heavy atom. The third kappa shape index (κ3) is 4.48. The Hall–Kier alpha value is -2.75. The summed E-state index contributed by atoms with van der Waals surface area (Å²) in [7, 11) is -1.92. The summed E-state index contributed by atoms with van der Waals surface area (Å²) in [6.07, 6.45) is 2.02. The van der Waals surface area contributed by atoms with Gasteiger partial charge in [0.25, 0.3) is 0 Å². The molecule has 0 amide bonds. The number of sulfonamides is 1. The molecule has 4 rings (SSSR count). The van der Waals surface area contributed by atoms with Gasteiger partial charge in [-0.1, -0.05) is 0 Å². The molecule has 0 radical (unpaired) electrons. The van der Waals surface area contributed by atoms with Crippen molar-refractivity contribution in [3.05, 3.63) is 71.4 Å². The van der Waals surface area contributed by atoms with Gasteiger partial charge in [0, 0.05) is 36.1 Å². The van der Waals surface area contributed by atoms with Crippen molar-refractivity contribution >= 4 is 21.4 Å². The Morgan fingerprint density at radius 2 is 2.00 bits per heavy atom. The Labute approximate surface area is 184 Å². The van der Waals surface area contributed by atoms with Crippen LogP contribution in [0.3, 0.4) is 0 Å². The lowest BCUT2D eigenvalue weighted by Crippen LogP contribution is -2.34. The largest absolute Gasteiger partial charge is 0.469 e. The fraction of sp³-hybridized carbons (Fsp3) is 0.227. The van der Waals surface area contributed by atoms with Gasteiger partial charge in [-0.3, -0.25) is 0 Å². The van der Waals surface area contributed by atoms with Gasteiger partial charge in [-0.25, -0.2) is 22.5 Å². The van der Waals surface area contributed by atoms with Gasteiger partial charge in [0.2, 0.25) is 10.0 Å². The molecule has 0 aliphatic heterocycles. The Kier molecular flexibility index (Phi) is 5.83. The number of halogens is 1. The number of furan rings is 1. The highest BCUT2D eigenvalue weighted by Crippen LogP contribution is 2.32. The van der Waals surface area contributed by atoms with Crippen LogP contribution in [0.1, 0.15) is 18.4 Å². The molecule has 3 aromatic heterocycles. The van der Waals surface area contributed by atoms with Crippen molar-refractivity contribution in [1.29, 1.82) is 0 Å². The number of thiazole rings is 1. The second kappa shape index (κ2) is 8.41. The molecule has 3 heterocycles. The maximum absolute atomic E-state index is 13.2. The highest BCUT2D eigenvalue weighted by atomic mass is 32.2. The summed E-state index contributed by atoms with van der Waals surface area (Å²) in [6.45, 7) is 3.57. The van der Waals surface area contributed by atoms with E-state index in [4.69, 9.17) is 4.42 Å². The molecule has 0 fully saturated rings. The van der Waals surface area contributed by atoms with Crippen LogP contribution in [0.15, 0.2) is 63.4 Å². The van der Waals surface area contributed by atoms with Gasteiger partial charge >= 0.3 is 0 Å². The van der Waals surface area contributed by atoms with Gasteiger partial charge in [-0.2, -0.15) is 0 Å². The molecule has 31 heavy (non-hydrogen) atoms. The third-order valence-electron chi connectivity index (χ3n) is 5.09. The van der Waals surface area contributed by atoms with Gasteiger partial charge in [-0.05, 0) is 56.3 Å². The minimum absolute atomic E-state index is 0.217. The molecule has 0 aliphatic carbocycles. The van der Waals surface area contributed by atoms with Gasteiger partial charge in [0.1, 0.15) is 21.5 Å². The number of nitrogens with zero attached hydrogens (tertiary/aromatic N) is 2. The van der Waals surface area contributed by atoms with Crippen LogP contribution in [-0.2, 0) is 23.5 Å². The molecule has 1 atom stereocenters. The van der Waals surface area contributed by atoms with E-state index in [0.29, 0.717) is 28.5 Å². The first-order chi connectivity index (χ1) is 14.7. The number of nitrogens with one attached hydrogen (secondary N) is 1. The van der Waals surface area contributed by atoms with Crippen molar-refractivity contribution in [2.24, 2.45) is 7.05 Å². The standard InChI is InChI=1S/C22H22FN3O3S2/c1-14(11-18-5-4-10-29-18)25-31(27,28)21-12-20(26(3)15(21)2)22-24-19(13-30-22)16-6-8-17(23)9-7-16/h4-10,12-14,25H,11H2,1-3H3/t14-/m0/s1. The van der Waals surface area contributed by atoms with Crippen molar-refractivity contribution in [2.45, 2.75) is 31.2 Å². The van der Waals surface area contributed by atoms with Crippen molar-refractivity contribution in [3.8, 4) is 22.0 Å². The second-order valence-electron chi connectivity index (χ2n) is 7.39. The molecule has 162 valence electrons. The lowest BCUT2D eigenvalue weighted by Gasteiger charge is -2.13. The molecule has 0 aliphatic rings. The monoisotopic (exact) mass is 459 g/mol. The molecule has 0 saturated carbocycles. The Balaban J connectivity index is 1.60. The number of hydrogen-bond acceptors (Lipinski definition) is 5. The van der Waals surface area contributed by atoms with Crippen LogP contribution in [0, 0.1) is 12.7 Å². The SMILES string of the molecule is Cc1c(S(=O)(=O)N[C@@H](C)Cc2ccco2)cc(-c2nc(-c3ccc(F)cc3)cs2)n1C. The Morgan fingerprint density at radius 3 is 2.68 bits per heavy atom. The van der Waals surface area contributed by atoms with Crippen LogP contribution in [0.2, 0.25) is 0 Å². The summed E-state index contributed by atoms with van der Waals surface area (Å²) in [5.41, 5.74) is 2.84. The van der Waals surface area contributed by atoms with Gasteiger partial charge in [-0.15, -0.1) is 11.3 Å². The van der Waals surface area contributed by atoms with Gasteiger partial charge in [0.15, 0.2) is 0 Å². The van der Waals surface area contributed by atoms with Crippen LogP contribution in [0.25, 0.3) is 22.0 Å². The predicted molar refractivity (Wildman–Crippen MR) is 119 cm³/mol. The molecular formula is C22H22FN3O3S2. The van der Waals surface area contributed by atoms with Crippen LogP contribution in [0.5, 0.6) is 0 Å². The molecule has 9 heteroatoms. The summed E-state index contributed by atoms with van der Waals surface area (Å²) >= 11 is 1.41. The zero-order chi connectivity index (χ0) is 22.2. The molecule has 0 spiro atoms. The van der Waals surface area contributed by atoms with Crippen LogP contribution < -0.4 is 4.72 Å². The van der Waals surface area contributed by atoms with Crippen LogP contribution >= 0.6 is 11.3 Å². The van der Waals surface area contributed by atoms with E-state index in [2.05, 4.69) is 9.71 Å².